The van der Waals surface area contributed by atoms with Crippen LogP contribution >= 0.6 is 23.1 Å². The first kappa shape index (κ1) is 15.8. The molecule has 1 aromatic heterocycles. The minimum atomic E-state index is -0.473. The highest BCUT2D eigenvalue weighted by molar-refractivity contribution is 8.00. The number of carbonyl (C=O) groups excluding carboxylic acids is 1. The third-order valence-electron chi connectivity index (χ3n) is 4.05. The lowest BCUT2D eigenvalue weighted by Crippen LogP contribution is -2.58. The lowest BCUT2D eigenvalue weighted by Gasteiger charge is -2.33. The van der Waals surface area contributed by atoms with Crippen LogP contribution in [0.2, 0.25) is 0 Å². The number of nitrogens with one attached hydrogen (secondary N) is 1. The van der Waals surface area contributed by atoms with E-state index in [1.807, 2.05) is 11.6 Å². The number of amides is 1. The van der Waals surface area contributed by atoms with E-state index >= 15 is 0 Å². The van der Waals surface area contributed by atoms with Crippen molar-refractivity contribution < 1.29 is 4.79 Å². The maximum Gasteiger partial charge on any atom is 0.238 e. The topological polar surface area (TPSA) is 68.0 Å². The molecule has 1 fully saturated rings. The fraction of sp³-hybridized carbons (Fsp3) is 0.714. The van der Waals surface area contributed by atoms with E-state index in [4.69, 9.17) is 5.73 Å². The van der Waals surface area contributed by atoms with Crippen LogP contribution in [0.4, 0.5) is 0 Å². The molecule has 1 aromatic rings. The Morgan fingerprint density at radius 3 is 3.20 bits per heavy atom. The molecule has 1 saturated carbocycles. The van der Waals surface area contributed by atoms with Crippen LogP contribution < -0.4 is 11.1 Å². The second-order valence-corrected chi connectivity index (χ2v) is 7.52. The molecular formula is C14H23N3OS2. The number of hydrogen-bond acceptors (Lipinski definition) is 5. The predicted molar refractivity (Wildman–Crippen MR) is 85.0 cm³/mol. The van der Waals surface area contributed by atoms with Crippen molar-refractivity contribution in [3.8, 4) is 0 Å². The molecule has 6 heteroatoms. The molecule has 20 heavy (non-hydrogen) atoms. The van der Waals surface area contributed by atoms with Gasteiger partial charge < -0.3 is 11.1 Å². The molecular weight excluding hydrogens is 290 g/mol. The molecule has 1 heterocycles. The highest BCUT2D eigenvalue weighted by atomic mass is 32.2. The van der Waals surface area contributed by atoms with Gasteiger partial charge in [0, 0.05) is 17.3 Å². The Morgan fingerprint density at radius 2 is 2.55 bits per heavy atom. The Labute approximate surface area is 128 Å². The van der Waals surface area contributed by atoms with Gasteiger partial charge in [0.25, 0.3) is 0 Å². The number of primary amides is 1. The summed E-state index contributed by atoms with van der Waals surface area (Å²) < 4.78 is 1.11. The van der Waals surface area contributed by atoms with Crippen molar-refractivity contribution >= 4 is 29.0 Å². The quantitative estimate of drug-likeness (QED) is 0.724. The second-order valence-electron chi connectivity index (χ2n) is 5.29. The summed E-state index contributed by atoms with van der Waals surface area (Å²) in [6.07, 6.45) is 6.94. The third kappa shape index (κ3) is 3.54. The summed E-state index contributed by atoms with van der Waals surface area (Å²) in [5.74, 6) is 1.19. The van der Waals surface area contributed by atoms with Crippen LogP contribution in [0.25, 0.3) is 0 Å². The van der Waals surface area contributed by atoms with Crippen molar-refractivity contribution in [1.29, 1.82) is 0 Å². The Balaban J connectivity index is 1.92. The van der Waals surface area contributed by atoms with Crippen molar-refractivity contribution in [1.82, 2.24) is 10.3 Å². The van der Waals surface area contributed by atoms with Gasteiger partial charge in [-0.3, -0.25) is 4.79 Å². The van der Waals surface area contributed by atoms with Gasteiger partial charge in [-0.1, -0.05) is 25.1 Å². The summed E-state index contributed by atoms with van der Waals surface area (Å²) >= 11 is 3.45. The number of aromatic nitrogens is 1. The number of carbonyl (C=O) groups is 1. The van der Waals surface area contributed by atoms with Crippen LogP contribution in [-0.2, 0) is 4.79 Å². The molecule has 112 valence electrons. The first-order chi connectivity index (χ1) is 9.69. The van der Waals surface area contributed by atoms with E-state index in [1.165, 1.54) is 0 Å². The van der Waals surface area contributed by atoms with Crippen molar-refractivity contribution in [2.45, 2.75) is 48.9 Å². The zero-order valence-electron chi connectivity index (χ0n) is 11.9. The summed E-state index contributed by atoms with van der Waals surface area (Å²) in [6, 6.07) is 0. The number of thiazole rings is 1. The van der Waals surface area contributed by atoms with Gasteiger partial charge >= 0.3 is 0 Å². The summed E-state index contributed by atoms with van der Waals surface area (Å²) in [5.41, 5.74) is 5.24. The average molecular weight is 313 g/mol. The first-order valence-corrected chi connectivity index (χ1v) is 9.13. The average Bonchev–Trinajstić information content (AvgIpc) is 3.06. The molecule has 0 spiro atoms. The van der Waals surface area contributed by atoms with Gasteiger partial charge in [0.05, 0.1) is 0 Å². The standard InChI is InChI=1S/C14H23N3OS2/c1-2-7-17-14(12(15)18)6-3-4-11(14)5-9-19-13-16-8-10-20-13/h8,10-11,17H,2-7,9H2,1H3,(H2,15,18). The summed E-state index contributed by atoms with van der Waals surface area (Å²) in [4.78, 5) is 16.2. The van der Waals surface area contributed by atoms with Crippen molar-refractivity contribution in [3.05, 3.63) is 11.6 Å². The van der Waals surface area contributed by atoms with Gasteiger partial charge in [0.2, 0.25) is 5.91 Å². The van der Waals surface area contributed by atoms with Crippen molar-refractivity contribution in [2.75, 3.05) is 12.3 Å². The fourth-order valence-electron chi connectivity index (χ4n) is 3.03. The molecule has 2 unspecified atom stereocenters. The largest absolute Gasteiger partial charge is 0.368 e. The van der Waals surface area contributed by atoms with Crippen LogP contribution in [0.1, 0.15) is 39.0 Å². The lowest BCUT2D eigenvalue weighted by molar-refractivity contribution is -0.126. The Kier molecular flexibility index (Phi) is 5.86. The normalized spacial score (nSPS) is 25.9. The first-order valence-electron chi connectivity index (χ1n) is 7.26. The molecule has 4 nitrogen and oxygen atoms in total. The summed E-state index contributed by atoms with van der Waals surface area (Å²) in [6.45, 7) is 2.98. The van der Waals surface area contributed by atoms with Gasteiger partial charge in [-0.2, -0.15) is 0 Å². The summed E-state index contributed by atoms with van der Waals surface area (Å²) in [7, 11) is 0. The van der Waals surface area contributed by atoms with Crippen LogP contribution in [0.15, 0.2) is 15.9 Å². The summed E-state index contributed by atoms with van der Waals surface area (Å²) in [5, 5.41) is 5.44. The van der Waals surface area contributed by atoms with Gasteiger partial charge in [-0.05, 0) is 38.1 Å². The van der Waals surface area contributed by atoms with E-state index in [2.05, 4.69) is 17.2 Å². The Bertz CT molecular complexity index is 424. The minimum Gasteiger partial charge on any atom is -0.368 e. The lowest BCUT2D eigenvalue weighted by atomic mass is 9.84. The molecule has 1 amide bonds. The maximum absolute atomic E-state index is 12.0. The number of thioether (sulfide) groups is 1. The Hall–Kier alpha value is -0.590. The van der Waals surface area contributed by atoms with E-state index in [0.717, 1.165) is 48.7 Å². The number of rotatable bonds is 8. The molecule has 0 aliphatic heterocycles. The van der Waals surface area contributed by atoms with E-state index in [-0.39, 0.29) is 5.91 Å². The molecule has 2 rings (SSSR count). The van der Waals surface area contributed by atoms with Crippen LogP contribution in [0.5, 0.6) is 0 Å². The molecule has 3 N–H and O–H groups in total. The van der Waals surface area contributed by atoms with E-state index < -0.39 is 5.54 Å². The molecule has 0 bridgehead atoms. The molecule has 0 saturated heterocycles. The maximum atomic E-state index is 12.0. The zero-order valence-corrected chi connectivity index (χ0v) is 13.6. The molecule has 0 radical (unpaired) electrons. The van der Waals surface area contributed by atoms with Crippen molar-refractivity contribution in [3.63, 3.8) is 0 Å². The van der Waals surface area contributed by atoms with Gasteiger partial charge in [-0.15, -0.1) is 11.3 Å². The molecule has 0 aromatic carbocycles. The molecule has 1 aliphatic carbocycles. The van der Waals surface area contributed by atoms with E-state index in [9.17, 15) is 4.79 Å². The van der Waals surface area contributed by atoms with Crippen LogP contribution in [0.3, 0.4) is 0 Å². The van der Waals surface area contributed by atoms with Crippen LogP contribution in [-0.4, -0.2) is 28.7 Å². The fourth-order valence-corrected chi connectivity index (χ4v) is 4.79. The van der Waals surface area contributed by atoms with Gasteiger partial charge in [-0.25, -0.2) is 4.98 Å². The number of hydrogen-bond donors (Lipinski definition) is 2. The number of nitrogens with zero attached hydrogens (tertiary/aromatic N) is 1. The van der Waals surface area contributed by atoms with E-state index in [0.29, 0.717) is 5.92 Å². The Morgan fingerprint density at radius 1 is 1.70 bits per heavy atom. The molecule has 1 aliphatic rings. The highest BCUT2D eigenvalue weighted by Gasteiger charge is 2.46. The SMILES string of the molecule is CCCNC1(C(N)=O)CCCC1CCSc1nccs1. The monoisotopic (exact) mass is 313 g/mol. The van der Waals surface area contributed by atoms with E-state index in [1.54, 1.807) is 23.1 Å². The van der Waals surface area contributed by atoms with Crippen molar-refractivity contribution in [2.24, 2.45) is 11.7 Å². The third-order valence-corrected chi connectivity index (χ3v) is 6.05. The van der Waals surface area contributed by atoms with Gasteiger partial charge in [0.15, 0.2) is 0 Å². The second kappa shape index (κ2) is 7.43. The zero-order chi connectivity index (χ0) is 14.4. The van der Waals surface area contributed by atoms with Gasteiger partial charge in [0.1, 0.15) is 9.88 Å². The highest BCUT2D eigenvalue weighted by Crippen LogP contribution is 2.39. The molecule has 2 atom stereocenters. The number of nitrogens with two attached hydrogens (primary N) is 1. The van der Waals surface area contributed by atoms with Crippen LogP contribution in [0, 0.1) is 5.92 Å². The predicted octanol–water partition coefficient (Wildman–Crippen LogP) is 2.65. The minimum absolute atomic E-state index is 0.173. The smallest absolute Gasteiger partial charge is 0.238 e.